The second-order valence-corrected chi connectivity index (χ2v) is 6.96. The van der Waals surface area contributed by atoms with Crippen molar-refractivity contribution in [3.8, 4) is 0 Å². The van der Waals surface area contributed by atoms with Gasteiger partial charge in [0.25, 0.3) is 5.56 Å². The Hall–Kier alpha value is -2.25. The Morgan fingerprint density at radius 1 is 1.27 bits per heavy atom. The highest BCUT2D eigenvalue weighted by Gasteiger charge is 2.24. The topological polar surface area (TPSA) is 76.5 Å². The van der Waals surface area contributed by atoms with Gasteiger partial charge in [0, 0.05) is 31.1 Å². The van der Waals surface area contributed by atoms with Gasteiger partial charge in [-0.05, 0) is 12.0 Å². The van der Waals surface area contributed by atoms with Gasteiger partial charge in [0.05, 0.1) is 24.8 Å². The van der Waals surface area contributed by atoms with E-state index in [0.29, 0.717) is 17.8 Å². The lowest BCUT2D eigenvalue weighted by molar-refractivity contribution is -0.122. The van der Waals surface area contributed by atoms with Crippen LogP contribution in [0, 0.1) is 5.92 Å². The van der Waals surface area contributed by atoms with E-state index in [-0.39, 0.29) is 24.1 Å². The third-order valence-corrected chi connectivity index (χ3v) is 4.85. The van der Waals surface area contributed by atoms with E-state index in [2.05, 4.69) is 29.2 Å². The van der Waals surface area contributed by atoms with Crippen molar-refractivity contribution in [1.82, 2.24) is 20.0 Å². The fourth-order valence-corrected chi connectivity index (χ4v) is 3.35. The fraction of sp³-hybridized carbons (Fsp3) is 0.526. The highest BCUT2D eigenvalue weighted by molar-refractivity contribution is 5.81. The Morgan fingerprint density at radius 3 is 2.73 bits per heavy atom. The fourth-order valence-electron chi connectivity index (χ4n) is 3.35. The van der Waals surface area contributed by atoms with E-state index in [1.807, 2.05) is 18.2 Å². The van der Waals surface area contributed by atoms with Crippen LogP contribution >= 0.6 is 0 Å². The molecule has 1 saturated heterocycles. The molecule has 2 aromatic rings. The third-order valence-electron chi connectivity index (χ3n) is 4.85. The van der Waals surface area contributed by atoms with Crippen molar-refractivity contribution in [1.29, 1.82) is 0 Å². The minimum Gasteiger partial charge on any atom is -0.379 e. The number of morpholine rings is 1. The molecular weight excluding hydrogens is 332 g/mol. The van der Waals surface area contributed by atoms with Gasteiger partial charge >= 0.3 is 0 Å². The molecule has 0 bridgehead atoms. The van der Waals surface area contributed by atoms with E-state index in [4.69, 9.17) is 4.74 Å². The number of hydrogen-bond donors (Lipinski definition) is 1. The summed E-state index contributed by atoms with van der Waals surface area (Å²) in [5.74, 6) is 0.212. The Morgan fingerprint density at radius 2 is 2.00 bits per heavy atom. The minimum atomic E-state index is -0.244. The number of nitrogens with zero attached hydrogens (tertiary/aromatic N) is 3. The highest BCUT2D eigenvalue weighted by atomic mass is 16.5. The number of hydrogen-bond acceptors (Lipinski definition) is 5. The number of aromatic nitrogens is 2. The summed E-state index contributed by atoms with van der Waals surface area (Å²) < 4.78 is 6.63. The van der Waals surface area contributed by atoms with Crippen LogP contribution in [-0.4, -0.2) is 59.5 Å². The monoisotopic (exact) mass is 358 g/mol. The van der Waals surface area contributed by atoms with Gasteiger partial charge in [0.1, 0.15) is 6.54 Å². The first-order valence-corrected chi connectivity index (χ1v) is 9.09. The maximum Gasteiger partial charge on any atom is 0.275 e. The largest absolute Gasteiger partial charge is 0.379 e. The molecule has 1 aliphatic heterocycles. The van der Waals surface area contributed by atoms with Crippen molar-refractivity contribution in [2.75, 3.05) is 32.8 Å². The lowest BCUT2D eigenvalue weighted by atomic mass is 10.0. The van der Waals surface area contributed by atoms with E-state index in [9.17, 15) is 9.59 Å². The summed E-state index contributed by atoms with van der Waals surface area (Å²) in [7, 11) is 0. The molecule has 7 nitrogen and oxygen atoms in total. The first kappa shape index (κ1) is 18.5. The number of carbonyl (C=O) groups is 1. The van der Waals surface area contributed by atoms with Crippen LogP contribution in [0.1, 0.15) is 13.8 Å². The standard InChI is InChI=1S/C19H26N4O3/c1-14(2)17(22-7-9-26-10-8-22)12-20-18(24)13-23-19(25)16-6-4-3-5-15(16)11-21-23/h3-6,11,14,17H,7-10,12-13H2,1-2H3,(H,20,24). The number of rotatable bonds is 6. The second-order valence-electron chi connectivity index (χ2n) is 6.96. The molecule has 0 spiro atoms. The quantitative estimate of drug-likeness (QED) is 0.829. The van der Waals surface area contributed by atoms with Crippen LogP contribution < -0.4 is 10.9 Å². The van der Waals surface area contributed by atoms with Crippen molar-refractivity contribution in [3.63, 3.8) is 0 Å². The number of fused-ring (bicyclic) bond motifs is 1. The number of amides is 1. The summed E-state index contributed by atoms with van der Waals surface area (Å²) in [5.41, 5.74) is -0.244. The molecule has 1 unspecified atom stereocenters. The molecule has 140 valence electrons. The number of carbonyl (C=O) groups excluding carboxylic acids is 1. The lowest BCUT2D eigenvalue weighted by Crippen LogP contribution is -2.51. The predicted octanol–water partition coefficient (Wildman–Crippen LogP) is 0.869. The molecule has 1 N–H and O–H groups in total. The molecule has 0 saturated carbocycles. The van der Waals surface area contributed by atoms with E-state index >= 15 is 0 Å². The second kappa shape index (κ2) is 8.42. The van der Waals surface area contributed by atoms with Crippen molar-refractivity contribution in [2.45, 2.75) is 26.4 Å². The Kier molecular flexibility index (Phi) is 6.00. The van der Waals surface area contributed by atoms with Crippen LogP contribution in [-0.2, 0) is 16.1 Å². The number of benzene rings is 1. The van der Waals surface area contributed by atoms with Gasteiger partial charge in [-0.1, -0.05) is 32.0 Å². The number of nitrogens with one attached hydrogen (secondary N) is 1. The van der Waals surface area contributed by atoms with Gasteiger partial charge in [-0.2, -0.15) is 5.10 Å². The van der Waals surface area contributed by atoms with Gasteiger partial charge in [-0.25, -0.2) is 4.68 Å². The molecule has 1 fully saturated rings. The lowest BCUT2D eigenvalue weighted by Gasteiger charge is -2.36. The molecule has 3 rings (SSSR count). The van der Waals surface area contributed by atoms with E-state index in [0.717, 1.165) is 31.7 Å². The van der Waals surface area contributed by atoms with Crippen molar-refractivity contribution in [2.24, 2.45) is 5.92 Å². The Bertz CT molecular complexity index is 812. The maximum atomic E-state index is 12.5. The summed E-state index contributed by atoms with van der Waals surface area (Å²) >= 11 is 0. The Labute approximate surface area is 152 Å². The van der Waals surface area contributed by atoms with Crippen LogP contribution in [0.25, 0.3) is 10.8 Å². The molecule has 1 amide bonds. The van der Waals surface area contributed by atoms with Gasteiger partial charge in [-0.15, -0.1) is 0 Å². The average molecular weight is 358 g/mol. The normalized spacial score (nSPS) is 16.7. The smallest absolute Gasteiger partial charge is 0.275 e. The maximum absolute atomic E-state index is 12.5. The van der Waals surface area contributed by atoms with Gasteiger partial charge < -0.3 is 10.1 Å². The summed E-state index contributed by atoms with van der Waals surface area (Å²) in [4.78, 5) is 27.2. The first-order valence-electron chi connectivity index (χ1n) is 9.09. The molecule has 1 aliphatic rings. The minimum absolute atomic E-state index is 0.0718. The van der Waals surface area contributed by atoms with E-state index in [1.54, 1.807) is 12.3 Å². The zero-order chi connectivity index (χ0) is 18.5. The molecule has 0 radical (unpaired) electrons. The molecule has 7 heteroatoms. The third kappa shape index (κ3) is 4.28. The molecule has 1 aromatic heterocycles. The summed E-state index contributed by atoms with van der Waals surface area (Å²) in [6.45, 7) is 8.01. The average Bonchev–Trinajstić information content (AvgIpc) is 2.65. The first-order chi connectivity index (χ1) is 12.6. The molecule has 2 heterocycles. The SMILES string of the molecule is CC(C)C(CNC(=O)Cn1ncc2ccccc2c1=O)N1CCOCC1. The van der Waals surface area contributed by atoms with Crippen molar-refractivity contribution < 1.29 is 9.53 Å². The van der Waals surface area contributed by atoms with Crippen molar-refractivity contribution in [3.05, 3.63) is 40.8 Å². The van der Waals surface area contributed by atoms with Gasteiger partial charge in [-0.3, -0.25) is 14.5 Å². The molecule has 1 atom stereocenters. The summed E-state index contributed by atoms with van der Waals surface area (Å²) in [6, 6.07) is 7.51. The summed E-state index contributed by atoms with van der Waals surface area (Å²) in [5, 5.41) is 8.43. The Balaban J connectivity index is 1.63. The van der Waals surface area contributed by atoms with E-state index < -0.39 is 0 Å². The van der Waals surface area contributed by atoms with Crippen LogP contribution in [0.3, 0.4) is 0 Å². The van der Waals surface area contributed by atoms with E-state index in [1.165, 1.54) is 4.68 Å². The number of ether oxygens (including phenoxy) is 1. The summed E-state index contributed by atoms with van der Waals surface area (Å²) in [6.07, 6.45) is 1.62. The van der Waals surface area contributed by atoms with Gasteiger partial charge in [0.2, 0.25) is 5.91 Å². The molecule has 26 heavy (non-hydrogen) atoms. The zero-order valence-electron chi connectivity index (χ0n) is 15.4. The predicted molar refractivity (Wildman–Crippen MR) is 100 cm³/mol. The van der Waals surface area contributed by atoms with Gasteiger partial charge in [0.15, 0.2) is 0 Å². The van der Waals surface area contributed by atoms with Crippen LogP contribution in [0.4, 0.5) is 0 Å². The van der Waals surface area contributed by atoms with Crippen LogP contribution in [0.5, 0.6) is 0 Å². The molecule has 0 aliphatic carbocycles. The van der Waals surface area contributed by atoms with Crippen molar-refractivity contribution >= 4 is 16.7 Å². The molecular formula is C19H26N4O3. The van der Waals surface area contributed by atoms with Crippen LogP contribution in [0.2, 0.25) is 0 Å². The zero-order valence-corrected chi connectivity index (χ0v) is 15.4. The highest BCUT2D eigenvalue weighted by Crippen LogP contribution is 2.12. The van der Waals surface area contributed by atoms with Crippen LogP contribution in [0.15, 0.2) is 35.3 Å². The molecule has 1 aromatic carbocycles.